The summed E-state index contributed by atoms with van der Waals surface area (Å²) in [6.45, 7) is 4.62. The van der Waals surface area contributed by atoms with Crippen molar-refractivity contribution in [2.24, 2.45) is 5.92 Å². The highest BCUT2D eigenvalue weighted by Gasteiger charge is 2.31. The molecule has 3 rings (SSSR count). The SMILES string of the molecule is CCOC(=O)[C@H]1CCCN(CCP(=O)(c2ccccc2)c2ccccc2)C1. The summed E-state index contributed by atoms with van der Waals surface area (Å²) in [5.41, 5.74) is 0. The van der Waals surface area contributed by atoms with Gasteiger partial charge in [-0.1, -0.05) is 60.7 Å². The Morgan fingerprint density at radius 2 is 1.67 bits per heavy atom. The molecule has 0 unspecified atom stereocenters. The van der Waals surface area contributed by atoms with Gasteiger partial charge in [0.05, 0.1) is 12.5 Å². The molecule has 1 atom stereocenters. The molecular weight excluding hydrogens is 357 g/mol. The van der Waals surface area contributed by atoms with Crippen molar-refractivity contribution < 1.29 is 14.1 Å². The van der Waals surface area contributed by atoms with E-state index in [1.165, 1.54) is 0 Å². The zero-order chi connectivity index (χ0) is 19.1. The second kappa shape index (κ2) is 9.34. The highest BCUT2D eigenvalue weighted by Crippen LogP contribution is 2.43. The number of hydrogen-bond acceptors (Lipinski definition) is 4. The van der Waals surface area contributed by atoms with Crippen molar-refractivity contribution in [3.05, 3.63) is 60.7 Å². The molecule has 4 nitrogen and oxygen atoms in total. The third-order valence-corrected chi connectivity index (χ3v) is 8.30. The van der Waals surface area contributed by atoms with E-state index in [0.29, 0.717) is 19.3 Å². The van der Waals surface area contributed by atoms with Gasteiger partial charge in [-0.25, -0.2) is 0 Å². The fourth-order valence-electron chi connectivity index (χ4n) is 3.74. The quantitative estimate of drug-likeness (QED) is 0.542. The minimum Gasteiger partial charge on any atom is -0.466 e. The van der Waals surface area contributed by atoms with E-state index < -0.39 is 7.14 Å². The number of carbonyl (C=O) groups is 1. The van der Waals surface area contributed by atoms with Gasteiger partial charge in [-0.2, -0.15) is 0 Å². The van der Waals surface area contributed by atoms with Crippen molar-refractivity contribution in [1.82, 2.24) is 4.90 Å². The standard InChI is InChI=1S/C22H28NO3P/c1-2-26-22(24)19-10-9-15-23(18-19)16-17-27(25,20-11-5-3-6-12-20)21-13-7-4-8-14-21/h3-8,11-14,19H,2,9-10,15-18H2,1H3/t19-/m0/s1. The second-order valence-electron chi connectivity index (χ2n) is 7.03. The van der Waals surface area contributed by atoms with Gasteiger partial charge in [-0.05, 0) is 26.3 Å². The monoisotopic (exact) mass is 385 g/mol. The lowest BCUT2D eigenvalue weighted by Gasteiger charge is -2.32. The summed E-state index contributed by atoms with van der Waals surface area (Å²) < 4.78 is 19.3. The predicted octanol–water partition coefficient (Wildman–Crippen LogP) is 3.28. The summed E-state index contributed by atoms with van der Waals surface area (Å²) in [5, 5.41) is 1.80. The maximum Gasteiger partial charge on any atom is 0.310 e. The molecule has 0 radical (unpaired) electrons. The van der Waals surface area contributed by atoms with Crippen molar-refractivity contribution in [2.75, 3.05) is 32.4 Å². The van der Waals surface area contributed by atoms with Gasteiger partial charge in [0.1, 0.15) is 7.14 Å². The lowest BCUT2D eigenvalue weighted by Crippen LogP contribution is -2.41. The number of piperidine rings is 1. The summed E-state index contributed by atoms with van der Waals surface area (Å²) in [4.78, 5) is 14.4. The molecular formula is C22H28NO3P. The zero-order valence-electron chi connectivity index (χ0n) is 15.9. The van der Waals surface area contributed by atoms with Gasteiger partial charge in [0, 0.05) is 29.9 Å². The van der Waals surface area contributed by atoms with Crippen LogP contribution in [0.25, 0.3) is 0 Å². The topological polar surface area (TPSA) is 46.6 Å². The molecule has 0 amide bonds. The fourth-order valence-corrected chi connectivity index (χ4v) is 6.42. The van der Waals surface area contributed by atoms with Gasteiger partial charge in [0.15, 0.2) is 0 Å². The predicted molar refractivity (Wildman–Crippen MR) is 110 cm³/mol. The lowest BCUT2D eigenvalue weighted by atomic mass is 9.98. The number of ether oxygens (including phenoxy) is 1. The van der Waals surface area contributed by atoms with Crippen LogP contribution in [0.15, 0.2) is 60.7 Å². The minimum atomic E-state index is -2.70. The van der Waals surface area contributed by atoms with Crippen LogP contribution in [-0.2, 0) is 14.1 Å². The smallest absolute Gasteiger partial charge is 0.310 e. The second-order valence-corrected chi connectivity index (χ2v) is 9.99. The fraction of sp³-hybridized carbons (Fsp3) is 0.409. The van der Waals surface area contributed by atoms with E-state index in [4.69, 9.17) is 4.74 Å². The first-order valence-corrected chi connectivity index (χ1v) is 11.6. The van der Waals surface area contributed by atoms with Crippen LogP contribution in [0.3, 0.4) is 0 Å². The Labute approximate surface area is 161 Å². The summed E-state index contributed by atoms with van der Waals surface area (Å²) in [6.07, 6.45) is 2.44. The van der Waals surface area contributed by atoms with Crippen LogP contribution in [0.4, 0.5) is 0 Å². The molecule has 0 N–H and O–H groups in total. The van der Waals surface area contributed by atoms with Crippen LogP contribution in [0, 0.1) is 5.92 Å². The van der Waals surface area contributed by atoms with E-state index in [1.807, 2.05) is 67.6 Å². The Kier molecular flexibility index (Phi) is 6.87. The van der Waals surface area contributed by atoms with Gasteiger partial charge in [0.2, 0.25) is 0 Å². The molecule has 1 aliphatic rings. The van der Waals surface area contributed by atoms with Gasteiger partial charge < -0.3 is 14.2 Å². The molecule has 27 heavy (non-hydrogen) atoms. The van der Waals surface area contributed by atoms with E-state index in [-0.39, 0.29) is 11.9 Å². The molecule has 1 aliphatic heterocycles. The van der Waals surface area contributed by atoms with Crippen molar-refractivity contribution in [3.63, 3.8) is 0 Å². The number of likely N-dealkylation sites (tertiary alicyclic amines) is 1. The van der Waals surface area contributed by atoms with Crippen molar-refractivity contribution in [2.45, 2.75) is 19.8 Å². The highest BCUT2D eigenvalue weighted by atomic mass is 31.2. The lowest BCUT2D eigenvalue weighted by molar-refractivity contribution is -0.149. The van der Waals surface area contributed by atoms with Crippen molar-refractivity contribution in [1.29, 1.82) is 0 Å². The molecule has 2 aromatic carbocycles. The average Bonchev–Trinajstić information content (AvgIpc) is 2.74. The van der Waals surface area contributed by atoms with Crippen molar-refractivity contribution >= 4 is 23.7 Å². The molecule has 0 aliphatic carbocycles. The Morgan fingerprint density at radius 1 is 1.07 bits per heavy atom. The third kappa shape index (κ3) is 4.88. The average molecular weight is 385 g/mol. The summed E-state index contributed by atoms with van der Waals surface area (Å²) >= 11 is 0. The van der Waals surface area contributed by atoms with E-state index in [0.717, 1.165) is 36.5 Å². The number of nitrogens with zero attached hydrogens (tertiary/aromatic N) is 1. The summed E-state index contributed by atoms with van der Waals surface area (Å²) in [5.74, 6) is -0.164. The normalized spacial score (nSPS) is 18.2. The van der Waals surface area contributed by atoms with Gasteiger partial charge in [-0.3, -0.25) is 4.79 Å². The van der Waals surface area contributed by atoms with E-state index in [1.54, 1.807) is 0 Å². The van der Waals surface area contributed by atoms with Crippen LogP contribution in [0.2, 0.25) is 0 Å². The molecule has 2 aromatic rings. The zero-order valence-corrected chi connectivity index (χ0v) is 16.8. The Hall–Kier alpha value is -1.90. The molecule has 1 saturated heterocycles. The number of hydrogen-bond donors (Lipinski definition) is 0. The van der Waals surface area contributed by atoms with Crippen LogP contribution in [-0.4, -0.2) is 43.3 Å². The Morgan fingerprint density at radius 3 is 2.22 bits per heavy atom. The Bertz CT molecular complexity index is 735. The molecule has 144 valence electrons. The number of benzene rings is 2. The van der Waals surface area contributed by atoms with Crippen molar-refractivity contribution in [3.8, 4) is 0 Å². The molecule has 0 spiro atoms. The van der Waals surface area contributed by atoms with Gasteiger partial charge >= 0.3 is 5.97 Å². The summed E-state index contributed by atoms with van der Waals surface area (Å²) in [7, 11) is -2.70. The first kappa shape index (κ1) is 19.9. The first-order valence-electron chi connectivity index (χ1n) is 9.73. The van der Waals surface area contributed by atoms with E-state index in [2.05, 4.69) is 4.90 Å². The van der Waals surface area contributed by atoms with Gasteiger partial charge in [-0.15, -0.1) is 0 Å². The number of esters is 1. The van der Waals surface area contributed by atoms with Crippen LogP contribution >= 0.6 is 7.14 Å². The van der Waals surface area contributed by atoms with Crippen LogP contribution < -0.4 is 10.6 Å². The first-order chi connectivity index (χ1) is 13.1. The maximum atomic E-state index is 14.1. The number of carbonyl (C=O) groups excluding carboxylic acids is 1. The largest absolute Gasteiger partial charge is 0.466 e. The molecule has 1 fully saturated rings. The minimum absolute atomic E-state index is 0.0634. The molecule has 1 heterocycles. The number of rotatable bonds is 7. The van der Waals surface area contributed by atoms with E-state index in [9.17, 15) is 9.36 Å². The van der Waals surface area contributed by atoms with Gasteiger partial charge in [0.25, 0.3) is 0 Å². The van der Waals surface area contributed by atoms with Crippen LogP contribution in [0.1, 0.15) is 19.8 Å². The molecule has 0 bridgehead atoms. The van der Waals surface area contributed by atoms with Crippen LogP contribution in [0.5, 0.6) is 0 Å². The van der Waals surface area contributed by atoms with E-state index >= 15 is 0 Å². The molecule has 0 aromatic heterocycles. The molecule has 5 heteroatoms. The molecule has 0 saturated carbocycles. The Balaban J connectivity index is 1.74. The summed E-state index contributed by atoms with van der Waals surface area (Å²) in [6, 6.07) is 19.5. The highest BCUT2D eigenvalue weighted by molar-refractivity contribution is 7.78. The maximum absolute atomic E-state index is 14.1. The third-order valence-electron chi connectivity index (χ3n) is 5.20.